The molecule has 0 bridgehead atoms. The van der Waals surface area contributed by atoms with Crippen LogP contribution in [0.2, 0.25) is 0 Å². The van der Waals surface area contributed by atoms with Crippen LogP contribution in [0.25, 0.3) is 0 Å². The average molecular weight is 170 g/mol. The molecule has 0 aromatic heterocycles. The van der Waals surface area contributed by atoms with E-state index in [1.165, 1.54) is 7.11 Å². The highest BCUT2D eigenvalue weighted by atomic mass is 19.4. The summed E-state index contributed by atoms with van der Waals surface area (Å²) in [6, 6.07) is 0. The molecule has 0 aliphatic heterocycles. The van der Waals surface area contributed by atoms with Crippen molar-refractivity contribution < 1.29 is 23.0 Å². The Hall–Kier alpha value is -0.550. The maximum Gasteiger partial charge on any atom is 0.414 e. The fourth-order valence-corrected chi connectivity index (χ4v) is 0.447. The minimum Gasteiger partial charge on any atom is -0.386 e. The molecular formula is C6H9F3O2. The number of halogens is 3. The second kappa shape index (κ2) is 3.73. The van der Waals surface area contributed by atoms with Crippen molar-refractivity contribution in [2.75, 3.05) is 13.7 Å². The molecule has 5 heteroatoms. The SMILES string of the molecule is C=C(C(O)COC)C(F)(F)F. The minimum atomic E-state index is -4.54. The van der Waals surface area contributed by atoms with Crippen LogP contribution in [-0.4, -0.2) is 31.1 Å². The topological polar surface area (TPSA) is 29.5 Å². The van der Waals surface area contributed by atoms with Gasteiger partial charge in [0.05, 0.1) is 12.2 Å². The summed E-state index contributed by atoms with van der Waals surface area (Å²) in [4.78, 5) is 0. The summed E-state index contributed by atoms with van der Waals surface area (Å²) >= 11 is 0. The number of aliphatic hydroxyl groups is 1. The fourth-order valence-electron chi connectivity index (χ4n) is 0.447. The van der Waals surface area contributed by atoms with Crippen molar-refractivity contribution in [2.24, 2.45) is 0 Å². The first-order valence-corrected chi connectivity index (χ1v) is 2.82. The number of methoxy groups -OCH3 is 1. The number of hydrogen-bond donors (Lipinski definition) is 1. The van der Waals surface area contributed by atoms with Gasteiger partial charge in [-0.3, -0.25) is 0 Å². The summed E-state index contributed by atoms with van der Waals surface area (Å²) in [5, 5.41) is 8.71. The molecule has 1 unspecified atom stereocenters. The van der Waals surface area contributed by atoms with Gasteiger partial charge in [-0.25, -0.2) is 0 Å². The molecule has 0 rings (SSSR count). The second-order valence-corrected chi connectivity index (χ2v) is 1.99. The lowest BCUT2D eigenvalue weighted by Gasteiger charge is -2.14. The van der Waals surface area contributed by atoms with Gasteiger partial charge in [-0.1, -0.05) is 6.58 Å². The Morgan fingerprint density at radius 1 is 1.64 bits per heavy atom. The van der Waals surface area contributed by atoms with Crippen LogP contribution in [0.4, 0.5) is 13.2 Å². The maximum atomic E-state index is 11.7. The Morgan fingerprint density at radius 2 is 2.09 bits per heavy atom. The molecule has 0 radical (unpaired) electrons. The van der Waals surface area contributed by atoms with E-state index >= 15 is 0 Å². The number of rotatable bonds is 3. The fraction of sp³-hybridized carbons (Fsp3) is 0.667. The Morgan fingerprint density at radius 3 is 2.36 bits per heavy atom. The van der Waals surface area contributed by atoms with Crippen molar-refractivity contribution >= 4 is 0 Å². The Kier molecular flexibility index (Phi) is 3.54. The molecule has 1 N–H and O–H groups in total. The van der Waals surface area contributed by atoms with Crippen LogP contribution in [0.15, 0.2) is 12.2 Å². The van der Waals surface area contributed by atoms with Gasteiger partial charge in [0.2, 0.25) is 0 Å². The van der Waals surface area contributed by atoms with Crippen molar-refractivity contribution in [3.63, 3.8) is 0 Å². The predicted molar refractivity (Wildman–Crippen MR) is 33.1 cm³/mol. The zero-order valence-corrected chi connectivity index (χ0v) is 5.98. The summed E-state index contributed by atoms with van der Waals surface area (Å²) in [5.74, 6) is 0. The molecule has 0 spiro atoms. The maximum absolute atomic E-state index is 11.7. The van der Waals surface area contributed by atoms with Gasteiger partial charge in [0, 0.05) is 7.11 Å². The number of aliphatic hydroxyl groups excluding tert-OH is 1. The summed E-state index contributed by atoms with van der Waals surface area (Å²) < 4.78 is 39.4. The molecule has 2 nitrogen and oxygen atoms in total. The second-order valence-electron chi connectivity index (χ2n) is 1.99. The molecule has 0 fully saturated rings. The van der Waals surface area contributed by atoms with Gasteiger partial charge in [0.15, 0.2) is 0 Å². The third kappa shape index (κ3) is 3.38. The molecule has 11 heavy (non-hydrogen) atoms. The first-order chi connectivity index (χ1) is 4.89. The van der Waals surface area contributed by atoms with Crippen molar-refractivity contribution in [3.8, 4) is 0 Å². The number of alkyl halides is 3. The molecule has 0 heterocycles. The van der Waals surface area contributed by atoms with Gasteiger partial charge in [0.25, 0.3) is 0 Å². The van der Waals surface area contributed by atoms with Crippen LogP contribution in [-0.2, 0) is 4.74 Å². The molecule has 1 atom stereocenters. The molecule has 0 saturated carbocycles. The predicted octanol–water partition coefficient (Wildman–Crippen LogP) is 1.11. The molecule has 0 aliphatic rings. The van der Waals surface area contributed by atoms with E-state index in [4.69, 9.17) is 5.11 Å². The van der Waals surface area contributed by atoms with E-state index in [1.54, 1.807) is 0 Å². The zero-order valence-electron chi connectivity index (χ0n) is 5.98. The van der Waals surface area contributed by atoms with Gasteiger partial charge >= 0.3 is 6.18 Å². The van der Waals surface area contributed by atoms with Crippen LogP contribution in [0.3, 0.4) is 0 Å². The summed E-state index contributed by atoms with van der Waals surface area (Å²) in [5.41, 5.74) is -1.18. The quantitative estimate of drug-likeness (QED) is 0.643. The van der Waals surface area contributed by atoms with Gasteiger partial charge < -0.3 is 9.84 Å². The highest BCUT2D eigenvalue weighted by molar-refractivity contribution is 5.08. The summed E-state index contributed by atoms with van der Waals surface area (Å²) in [7, 11) is 1.20. The van der Waals surface area contributed by atoms with Crippen LogP contribution >= 0.6 is 0 Å². The first-order valence-electron chi connectivity index (χ1n) is 2.82. The van der Waals surface area contributed by atoms with Crippen LogP contribution < -0.4 is 0 Å². The molecule has 0 aromatic rings. The average Bonchev–Trinajstić information content (AvgIpc) is 1.85. The third-order valence-corrected chi connectivity index (χ3v) is 1.09. The first kappa shape index (κ1) is 10.4. The van der Waals surface area contributed by atoms with E-state index in [2.05, 4.69) is 11.3 Å². The van der Waals surface area contributed by atoms with E-state index in [9.17, 15) is 13.2 Å². The monoisotopic (exact) mass is 170 g/mol. The number of hydrogen-bond acceptors (Lipinski definition) is 2. The van der Waals surface area contributed by atoms with Gasteiger partial charge in [0.1, 0.15) is 6.10 Å². The van der Waals surface area contributed by atoms with Gasteiger partial charge in [-0.05, 0) is 0 Å². The largest absolute Gasteiger partial charge is 0.414 e. The smallest absolute Gasteiger partial charge is 0.386 e. The Bertz CT molecular complexity index is 141. The normalized spacial score (nSPS) is 14.6. The van der Waals surface area contributed by atoms with E-state index in [-0.39, 0.29) is 0 Å². The van der Waals surface area contributed by atoms with Crippen LogP contribution in [0.5, 0.6) is 0 Å². The molecule has 0 amide bonds. The lowest BCUT2D eigenvalue weighted by atomic mass is 10.2. The third-order valence-electron chi connectivity index (χ3n) is 1.09. The van der Waals surface area contributed by atoms with Gasteiger partial charge in [-0.2, -0.15) is 13.2 Å². The van der Waals surface area contributed by atoms with Crippen molar-refractivity contribution in [2.45, 2.75) is 12.3 Å². The zero-order chi connectivity index (χ0) is 9.07. The summed E-state index contributed by atoms with van der Waals surface area (Å²) in [6.07, 6.45) is -6.21. The van der Waals surface area contributed by atoms with E-state index < -0.39 is 24.5 Å². The Balaban J connectivity index is 4.03. The lowest BCUT2D eigenvalue weighted by Crippen LogP contribution is -2.26. The van der Waals surface area contributed by atoms with Crippen molar-refractivity contribution in [1.82, 2.24) is 0 Å². The minimum absolute atomic E-state index is 0.391. The Labute approximate surface area is 62.3 Å². The molecule has 0 aromatic carbocycles. The number of ether oxygens (including phenoxy) is 1. The lowest BCUT2D eigenvalue weighted by molar-refractivity contribution is -0.109. The molecular weight excluding hydrogens is 161 g/mol. The standard InChI is InChI=1S/C6H9F3O2/c1-4(6(7,8)9)5(10)3-11-2/h5,10H,1,3H2,2H3. The molecule has 66 valence electrons. The van der Waals surface area contributed by atoms with Gasteiger partial charge in [-0.15, -0.1) is 0 Å². The highest BCUT2D eigenvalue weighted by Crippen LogP contribution is 2.26. The van der Waals surface area contributed by atoms with E-state index in [0.717, 1.165) is 0 Å². The van der Waals surface area contributed by atoms with E-state index in [0.29, 0.717) is 0 Å². The molecule has 0 aliphatic carbocycles. The van der Waals surface area contributed by atoms with Crippen molar-refractivity contribution in [1.29, 1.82) is 0 Å². The van der Waals surface area contributed by atoms with Crippen LogP contribution in [0.1, 0.15) is 0 Å². The van der Waals surface area contributed by atoms with Crippen LogP contribution in [0, 0.1) is 0 Å². The van der Waals surface area contributed by atoms with E-state index in [1.807, 2.05) is 0 Å². The molecule has 0 saturated heterocycles. The highest BCUT2D eigenvalue weighted by Gasteiger charge is 2.36. The summed E-state index contributed by atoms with van der Waals surface area (Å²) in [6.45, 7) is 2.30. The van der Waals surface area contributed by atoms with Crippen molar-refractivity contribution in [3.05, 3.63) is 12.2 Å².